The molecule has 6 rings (SSSR count). The Labute approximate surface area is 217 Å². The number of benzene rings is 1. The van der Waals surface area contributed by atoms with Crippen molar-refractivity contribution in [2.45, 2.75) is 25.2 Å². The van der Waals surface area contributed by atoms with Crippen LogP contribution in [0.2, 0.25) is 5.15 Å². The molecule has 38 heavy (non-hydrogen) atoms. The van der Waals surface area contributed by atoms with E-state index in [0.717, 1.165) is 0 Å². The second-order valence-corrected chi connectivity index (χ2v) is 9.24. The van der Waals surface area contributed by atoms with Crippen molar-refractivity contribution >= 4 is 34.1 Å². The molecule has 2 aliphatic rings. The Hall–Kier alpha value is -3.78. The molecule has 198 valence electrons. The number of aromatic amines is 1. The van der Waals surface area contributed by atoms with Crippen LogP contribution in [0.3, 0.4) is 0 Å². The zero-order valence-electron chi connectivity index (χ0n) is 19.7. The fourth-order valence-electron chi connectivity index (χ4n) is 4.51. The lowest BCUT2D eigenvalue weighted by atomic mass is 10.0. The van der Waals surface area contributed by atoms with Gasteiger partial charge in [-0.2, -0.15) is 18.3 Å². The van der Waals surface area contributed by atoms with Gasteiger partial charge >= 0.3 is 6.18 Å². The molecule has 0 bridgehead atoms. The van der Waals surface area contributed by atoms with Crippen molar-refractivity contribution in [1.29, 1.82) is 0 Å². The summed E-state index contributed by atoms with van der Waals surface area (Å²) in [6.45, 7) is 3.78. The molecule has 0 aliphatic carbocycles. The first-order valence-corrected chi connectivity index (χ1v) is 12.0. The number of hydrogen-bond donors (Lipinski definition) is 2. The minimum atomic E-state index is -4.72. The van der Waals surface area contributed by atoms with E-state index in [1.165, 1.54) is 24.3 Å². The number of pyridine rings is 1. The second kappa shape index (κ2) is 9.20. The fourth-order valence-corrected chi connectivity index (χ4v) is 4.66. The summed E-state index contributed by atoms with van der Waals surface area (Å²) in [4.78, 5) is 19.1. The number of nitrogens with zero attached hydrogens (tertiary/aromatic N) is 6. The SMILES string of the molecule is C[C@@H](Nc1ccc(Cl)nc1-c1n[nH]c(C(F)(F)F)n1)c1cc(F)cc2nc3c(nc12)N1CCOC[C@H]1CO3. The highest BCUT2D eigenvalue weighted by Crippen LogP contribution is 2.37. The summed E-state index contributed by atoms with van der Waals surface area (Å²) in [7, 11) is 0. The Bertz CT molecular complexity index is 1530. The van der Waals surface area contributed by atoms with E-state index in [2.05, 4.69) is 30.3 Å². The highest BCUT2D eigenvalue weighted by Gasteiger charge is 2.36. The van der Waals surface area contributed by atoms with E-state index in [1.54, 1.807) is 6.92 Å². The lowest BCUT2D eigenvalue weighted by Gasteiger charge is -2.39. The Kier molecular flexibility index (Phi) is 5.94. The van der Waals surface area contributed by atoms with E-state index in [-0.39, 0.29) is 28.4 Å². The first-order valence-electron chi connectivity index (χ1n) is 11.6. The predicted molar refractivity (Wildman–Crippen MR) is 129 cm³/mol. The van der Waals surface area contributed by atoms with E-state index < -0.39 is 23.9 Å². The lowest BCUT2D eigenvalue weighted by molar-refractivity contribution is -0.144. The average molecular weight is 551 g/mol. The van der Waals surface area contributed by atoms with Crippen LogP contribution in [0.1, 0.15) is 24.4 Å². The molecule has 0 unspecified atom stereocenters. The molecule has 2 N–H and O–H groups in total. The topological polar surface area (TPSA) is 114 Å². The van der Waals surface area contributed by atoms with Crippen molar-refractivity contribution in [2.75, 3.05) is 36.6 Å². The van der Waals surface area contributed by atoms with Gasteiger partial charge in [-0.05, 0) is 25.1 Å². The molecule has 4 aromatic rings. The number of alkyl halides is 3. The fraction of sp³-hybridized carbons (Fsp3) is 0.348. The van der Waals surface area contributed by atoms with Crippen LogP contribution >= 0.6 is 11.6 Å². The molecular formula is C23H19ClF4N8O2. The summed E-state index contributed by atoms with van der Waals surface area (Å²) in [6.07, 6.45) is -4.72. The molecule has 1 aromatic carbocycles. The van der Waals surface area contributed by atoms with Gasteiger partial charge in [0.05, 0.1) is 42.0 Å². The first kappa shape index (κ1) is 24.6. The quantitative estimate of drug-likeness (QED) is 0.282. The largest absolute Gasteiger partial charge is 0.473 e. The molecule has 5 heterocycles. The minimum absolute atomic E-state index is 0.00640. The third kappa shape index (κ3) is 4.43. The number of halogens is 5. The molecule has 0 amide bonds. The van der Waals surface area contributed by atoms with Gasteiger partial charge in [0.25, 0.3) is 5.88 Å². The summed E-state index contributed by atoms with van der Waals surface area (Å²) >= 11 is 6.02. The van der Waals surface area contributed by atoms with Crippen LogP contribution in [-0.4, -0.2) is 62.5 Å². The van der Waals surface area contributed by atoms with Crippen molar-refractivity contribution in [2.24, 2.45) is 0 Å². The van der Waals surface area contributed by atoms with E-state index in [9.17, 15) is 17.6 Å². The van der Waals surface area contributed by atoms with Crippen LogP contribution in [0.15, 0.2) is 24.3 Å². The number of rotatable bonds is 4. The van der Waals surface area contributed by atoms with Gasteiger partial charge in [0.1, 0.15) is 23.3 Å². The van der Waals surface area contributed by atoms with Crippen LogP contribution in [-0.2, 0) is 10.9 Å². The number of hydrogen-bond acceptors (Lipinski definition) is 9. The van der Waals surface area contributed by atoms with Gasteiger partial charge in [-0.25, -0.2) is 24.3 Å². The Morgan fingerprint density at radius 1 is 1.16 bits per heavy atom. The van der Waals surface area contributed by atoms with Crippen molar-refractivity contribution in [3.8, 4) is 17.4 Å². The van der Waals surface area contributed by atoms with Gasteiger partial charge < -0.3 is 19.7 Å². The van der Waals surface area contributed by atoms with Crippen molar-refractivity contribution in [1.82, 2.24) is 30.1 Å². The van der Waals surface area contributed by atoms with Crippen molar-refractivity contribution in [3.05, 3.63) is 46.6 Å². The third-order valence-corrected chi connectivity index (χ3v) is 6.50. The van der Waals surface area contributed by atoms with E-state index in [1.807, 2.05) is 5.10 Å². The third-order valence-electron chi connectivity index (χ3n) is 6.29. The van der Waals surface area contributed by atoms with Gasteiger partial charge in [-0.1, -0.05) is 11.6 Å². The summed E-state index contributed by atoms with van der Waals surface area (Å²) in [5.74, 6) is -1.24. The van der Waals surface area contributed by atoms with Crippen LogP contribution < -0.4 is 15.0 Å². The van der Waals surface area contributed by atoms with Crippen LogP contribution in [0, 0.1) is 5.82 Å². The van der Waals surface area contributed by atoms with Crippen LogP contribution in [0.4, 0.5) is 29.1 Å². The molecule has 0 radical (unpaired) electrons. The molecule has 0 spiro atoms. The van der Waals surface area contributed by atoms with Gasteiger partial charge in [0, 0.05) is 18.2 Å². The van der Waals surface area contributed by atoms with Gasteiger partial charge in [-0.3, -0.25) is 5.10 Å². The van der Waals surface area contributed by atoms with Crippen molar-refractivity contribution < 1.29 is 27.0 Å². The zero-order chi connectivity index (χ0) is 26.6. The summed E-state index contributed by atoms with van der Waals surface area (Å²) in [5.41, 5.74) is 1.50. The molecule has 15 heteroatoms. The van der Waals surface area contributed by atoms with Crippen molar-refractivity contribution in [3.63, 3.8) is 0 Å². The molecule has 2 aliphatic heterocycles. The molecule has 10 nitrogen and oxygen atoms in total. The monoisotopic (exact) mass is 550 g/mol. The summed E-state index contributed by atoms with van der Waals surface area (Å²) in [6, 6.07) is 5.01. The average Bonchev–Trinajstić information content (AvgIpc) is 3.39. The highest BCUT2D eigenvalue weighted by atomic mass is 35.5. The van der Waals surface area contributed by atoms with E-state index in [4.69, 9.17) is 26.1 Å². The number of fused-ring (bicyclic) bond motifs is 4. The normalized spacial score (nSPS) is 18.1. The zero-order valence-corrected chi connectivity index (χ0v) is 20.4. The number of nitrogens with one attached hydrogen (secondary N) is 2. The van der Waals surface area contributed by atoms with Gasteiger partial charge in [0.15, 0.2) is 5.82 Å². The van der Waals surface area contributed by atoms with E-state index >= 15 is 0 Å². The minimum Gasteiger partial charge on any atom is -0.473 e. The molecule has 0 saturated carbocycles. The number of morpholine rings is 1. The smallest absolute Gasteiger partial charge is 0.451 e. The summed E-state index contributed by atoms with van der Waals surface area (Å²) < 4.78 is 65.2. The van der Waals surface area contributed by atoms with Gasteiger partial charge in [-0.15, -0.1) is 0 Å². The number of ether oxygens (including phenoxy) is 2. The first-order chi connectivity index (χ1) is 18.2. The molecule has 3 aromatic heterocycles. The molecule has 2 atom stereocenters. The molecule has 1 saturated heterocycles. The maximum absolute atomic E-state index is 14.7. The van der Waals surface area contributed by atoms with E-state index in [0.29, 0.717) is 54.7 Å². The maximum Gasteiger partial charge on any atom is 0.451 e. The number of aromatic nitrogens is 6. The van der Waals surface area contributed by atoms with Gasteiger partial charge in [0.2, 0.25) is 11.6 Å². The molecule has 1 fully saturated rings. The highest BCUT2D eigenvalue weighted by molar-refractivity contribution is 6.29. The number of H-pyrrole nitrogens is 1. The Morgan fingerprint density at radius 3 is 2.79 bits per heavy atom. The Morgan fingerprint density at radius 2 is 2.00 bits per heavy atom. The molecular weight excluding hydrogens is 532 g/mol. The maximum atomic E-state index is 14.7. The number of anilines is 2. The second-order valence-electron chi connectivity index (χ2n) is 8.85. The van der Waals surface area contributed by atoms with Crippen LogP contribution in [0.25, 0.3) is 22.6 Å². The van der Waals surface area contributed by atoms with Crippen LogP contribution in [0.5, 0.6) is 5.88 Å². The Balaban J connectivity index is 1.39. The standard InChI is InChI=1S/C23H19ClF4N8O2/c1-10(29-14-2-3-16(24)31-18(14)19-33-22(35-34-19)23(26,27)28)13-6-11(25)7-15-17(13)32-20-21(30-15)38-9-12-8-37-5-4-36(12)20/h2-3,6-7,10,12,29H,4-5,8-9H2,1H3,(H,33,34,35)/t10-,12+/m1/s1. The predicted octanol–water partition coefficient (Wildman–Crippen LogP) is 4.39. The lowest BCUT2D eigenvalue weighted by Crippen LogP contribution is -2.51. The summed E-state index contributed by atoms with van der Waals surface area (Å²) in [5, 5.41) is 8.72.